The molecule has 0 saturated heterocycles. The summed E-state index contributed by atoms with van der Waals surface area (Å²) in [6.07, 6.45) is 6.27. The summed E-state index contributed by atoms with van der Waals surface area (Å²) in [6.45, 7) is 0.580. The molecular weight excluding hydrogens is 436 g/mol. The molecule has 0 fully saturated rings. The van der Waals surface area contributed by atoms with Crippen LogP contribution in [0.15, 0.2) is 54.2 Å². The van der Waals surface area contributed by atoms with Crippen molar-refractivity contribution in [3.05, 3.63) is 71.1 Å². The van der Waals surface area contributed by atoms with Gasteiger partial charge in [0.2, 0.25) is 0 Å². The second-order valence-corrected chi connectivity index (χ2v) is 8.78. The van der Waals surface area contributed by atoms with E-state index in [-0.39, 0.29) is 5.92 Å². The third-order valence-electron chi connectivity index (χ3n) is 5.70. The first-order valence-corrected chi connectivity index (χ1v) is 11.7. The van der Waals surface area contributed by atoms with E-state index < -0.39 is 0 Å². The van der Waals surface area contributed by atoms with Crippen LogP contribution in [0.2, 0.25) is 0 Å². The number of hydrogen-bond donors (Lipinski definition) is 2. The highest BCUT2D eigenvalue weighted by Crippen LogP contribution is 2.37. The van der Waals surface area contributed by atoms with Crippen LogP contribution < -0.4 is 14.8 Å². The lowest BCUT2D eigenvalue weighted by Crippen LogP contribution is -2.20. The second kappa shape index (κ2) is 9.46. The summed E-state index contributed by atoms with van der Waals surface area (Å²) in [7, 11) is 1.81. The molecule has 3 aromatic heterocycles. The maximum Gasteiger partial charge on any atom is 0.135 e. The van der Waals surface area contributed by atoms with E-state index >= 15 is 0 Å². The Labute approximate surface area is 195 Å². The Morgan fingerprint density at radius 3 is 3.06 bits per heavy atom. The fourth-order valence-electron chi connectivity index (χ4n) is 4.07. The Hall–Kier alpha value is -3.65. The lowest BCUT2D eigenvalue weighted by atomic mass is 9.96. The van der Waals surface area contributed by atoms with Crippen LogP contribution in [-0.4, -0.2) is 34.9 Å². The van der Waals surface area contributed by atoms with Crippen molar-refractivity contribution < 1.29 is 14.3 Å². The van der Waals surface area contributed by atoms with Gasteiger partial charge in [0.15, 0.2) is 0 Å². The maximum atomic E-state index is 10.9. The van der Waals surface area contributed by atoms with Crippen LogP contribution in [-0.2, 0) is 17.6 Å². The summed E-state index contributed by atoms with van der Waals surface area (Å²) >= 11 is 1.69. The van der Waals surface area contributed by atoms with E-state index in [1.807, 2.05) is 43.6 Å². The average Bonchev–Trinajstić information content (AvgIpc) is 3.55. The summed E-state index contributed by atoms with van der Waals surface area (Å²) in [5.74, 6) is 4.07. The topological polar surface area (TPSA) is 89.1 Å². The van der Waals surface area contributed by atoms with E-state index in [2.05, 4.69) is 31.7 Å². The van der Waals surface area contributed by atoms with Gasteiger partial charge in [0, 0.05) is 25.2 Å². The molecule has 1 atom stereocenters. The molecule has 0 aliphatic carbocycles. The highest BCUT2D eigenvalue weighted by Gasteiger charge is 2.25. The Morgan fingerprint density at radius 2 is 2.24 bits per heavy atom. The number of benzene rings is 1. The molecule has 1 unspecified atom stereocenters. The second-order valence-electron chi connectivity index (χ2n) is 7.83. The van der Waals surface area contributed by atoms with Gasteiger partial charge in [0.05, 0.1) is 29.3 Å². The predicted octanol–water partition coefficient (Wildman–Crippen LogP) is 5.22. The largest absolute Gasteiger partial charge is 0.493 e. The molecule has 2 N–H and O–H groups in total. The number of nitrogens with one attached hydrogen (secondary N) is 2. The van der Waals surface area contributed by atoms with Crippen LogP contribution in [0.4, 0.5) is 5.82 Å². The smallest absolute Gasteiger partial charge is 0.135 e. The van der Waals surface area contributed by atoms with Crippen molar-refractivity contribution in [2.75, 3.05) is 19.0 Å². The van der Waals surface area contributed by atoms with E-state index in [4.69, 9.17) is 9.47 Å². The number of anilines is 1. The minimum atomic E-state index is 0.140. The van der Waals surface area contributed by atoms with Gasteiger partial charge in [-0.2, -0.15) is 0 Å². The van der Waals surface area contributed by atoms with Crippen molar-refractivity contribution in [1.82, 2.24) is 15.0 Å². The summed E-state index contributed by atoms with van der Waals surface area (Å²) < 4.78 is 12.3. The zero-order valence-corrected chi connectivity index (χ0v) is 19.0. The summed E-state index contributed by atoms with van der Waals surface area (Å²) in [6, 6.07) is 11.8. The van der Waals surface area contributed by atoms with Crippen molar-refractivity contribution in [1.29, 1.82) is 0 Å². The number of pyridine rings is 1. The molecule has 1 aromatic carbocycles. The van der Waals surface area contributed by atoms with Crippen LogP contribution in [0.5, 0.6) is 17.2 Å². The Balaban J connectivity index is 1.36. The number of ether oxygens (including phenoxy) is 2. The fourth-order valence-corrected chi connectivity index (χ4v) is 4.76. The number of nitrogens with zero attached hydrogens (tertiary/aromatic N) is 2. The molecular formula is C25H24N4O3S. The third kappa shape index (κ3) is 4.47. The number of carbonyl (C=O) groups excluding carboxylic acids is 1. The number of fused-ring (bicyclic) bond motifs is 1. The van der Waals surface area contributed by atoms with E-state index in [0.717, 1.165) is 52.7 Å². The quantitative estimate of drug-likeness (QED) is 0.351. The summed E-state index contributed by atoms with van der Waals surface area (Å²) in [4.78, 5) is 24.5. The first kappa shape index (κ1) is 21.2. The number of imidazole rings is 1. The minimum absolute atomic E-state index is 0.140. The lowest BCUT2D eigenvalue weighted by molar-refractivity contribution is -0.107. The normalized spacial score (nSPS) is 14.9. The van der Waals surface area contributed by atoms with E-state index in [0.29, 0.717) is 25.2 Å². The zero-order valence-electron chi connectivity index (χ0n) is 18.2. The van der Waals surface area contributed by atoms with Crippen LogP contribution in [0.1, 0.15) is 29.3 Å². The van der Waals surface area contributed by atoms with Gasteiger partial charge in [0.25, 0.3) is 0 Å². The molecule has 4 aromatic rings. The summed E-state index contributed by atoms with van der Waals surface area (Å²) in [5.41, 5.74) is 2.99. The van der Waals surface area contributed by atoms with E-state index in [9.17, 15) is 4.79 Å². The lowest BCUT2D eigenvalue weighted by Gasteiger charge is -2.24. The number of aromatic amines is 1. The molecule has 7 nitrogen and oxygen atoms in total. The van der Waals surface area contributed by atoms with Crippen molar-refractivity contribution in [3.8, 4) is 27.8 Å². The van der Waals surface area contributed by atoms with Gasteiger partial charge in [0.1, 0.15) is 35.2 Å². The molecule has 0 bridgehead atoms. The maximum absolute atomic E-state index is 10.9. The number of thiophene rings is 1. The number of rotatable bonds is 8. The molecule has 0 amide bonds. The zero-order chi connectivity index (χ0) is 22.6. The molecule has 0 spiro atoms. The third-order valence-corrected chi connectivity index (χ3v) is 6.60. The number of carbonyl (C=O) groups is 1. The minimum Gasteiger partial charge on any atom is -0.493 e. The molecule has 5 rings (SSSR count). The molecule has 33 heavy (non-hydrogen) atoms. The standard InChI is InChI=1S/C25H24N4O3S/c1-26-25-19(4-2-10-30)22(8-9-27-25)32-18-6-7-21-16(13-18)12-17(15-31-21)24-28-14-20(29-24)23-5-3-11-33-23/h3,5-11,13-14,17H,2,4,12,15H2,1H3,(H,26,27)(H,28,29). The fraction of sp³-hybridized carbons (Fsp3) is 0.240. The molecule has 1 aliphatic heterocycles. The highest BCUT2D eigenvalue weighted by atomic mass is 32.1. The van der Waals surface area contributed by atoms with E-state index in [1.54, 1.807) is 17.5 Å². The van der Waals surface area contributed by atoms with Gasteiger partial charge >= 0.3 is 0 Å². The highest BCUT2D eigenvalue weighted by molar-refractivity contribution is 7.13. The predicted molar refractivity (Wildman–Crippen MR) is 129 cm³/mol. The Bertz CT molecular complexity index is 1250. The van der Waals surface area contributed by atoms with Crippen LogP contribution in [0, 0.1) is 0 Å². The first-order valence-electron chi connectivity index (χ1n) is 10.9. The first-order chi connectivity index (χ1) is 16.2. The molecule has 8 heteroatoms. The number of hydrogen-bond acceptors (Lipinski definition) is 7. The molecule has 4 heterocycles. The van der Waals surface area contributed by atoms with Gasteiger partial charge in [-0.05, 0) is 54.1 Å². The monoisotopic (exact) mass is 460 g/mol. The number of H-pyrrole nitrogens is 1. The van der Waals surface area contributed by atoms with Gasteiger partial charge in [-0.3, -0.25) is 0 Å². The van der Waals surface area contributed by atoms with Gasteiger partial charge < -0.3 is 24.6 Å². The van der Waals surface area contributed by atoms with Crippen LogP contribution in [0.3, 0.4) is 0 Å². The Kier molecular flexibility index (Phi) is 6.08. The number of aldehydes is 1. The van der Waals surface area contributed by atoms with Crippen molar-refractivity contribution in [2.45, 2.75) is 25.2 Å². The molecule has 0 radical (unpaired) electrons. The van der Waals surface area contributed by atoms with Crippen LogP contribution in [0.25, 0.3) is 10.6 Å². The Morgan fingerprint density at radius 1 is 1.30 bits per heavy atom. The average molecular weight is 461 g/mol. The van der Waals surface area contributed by atoms with Crippen molar-refractivity contribution in [3.63, 3.8) is 0 Å². The molecule has 1 aliphatic rings. The molecule has 168 valence electrons. The van der Waals surface area contributed by atoms with Gasteiger partial charge in [-0.25, -0.2) is 9.97 Å². The molecule has 0 saturated carbocycles. The van der Waals surface area contributed by atoms with E-state index in [1.165, 1.54) is 4.88 Å². The van der Waals surface area contributed by atoms with Crippen molar-refractivity contribution in [2.24, 2.45) is 0 Å². The van der Waals surface area contributed by atoms with Crippen LogP contribution >= 0.6 is 11.3 Å². The summed E-state index contributed by atoms with van der Waals surface area (Å²) in [5, 5.41) is 5.14. The van der Waals surface area contributed by atoms with Crippen molar-refractivity contribution >= 4 is 23.4 Å². The SMILES string of the molecule is CNc1nccc(Oc2ccc3c(c2)CC(c2ncc(-c4cccs4)[nH]2)CO3)c1CCC=O. The number of aromatic nitrogens is 3. The van der Waals surface area contributed by atoms with Gasteiger partial charge in [-0.1, -0.05) is 6.07 Å². The van der Waals surface area contributed by atoms with Gasteiger partial charge in [-0.15, -0.1) is 11.3 Å².